The molecule has 1 aromatic carbocycles. The first-order valence-electron chi connectivity index (χ1n) is 6.06. The summed E-state index contributed by atoms with van der Waals surface area (Å²) in [7, 11) is 0. The second kappa shape index (κ2) is 5.49. The van der Waals surface area contributed by atoms with Crippen molar-refractivity contribution in [1.82, 2.24) is 9.78 Å². The summed E-state index contributed by atoms with van der Waals surface area (Å²) in [6.45, 7) is 5.17. The molecule has 2 rings (SSSR count). The maximum atomic E-state index is 11.5. The predicted molar refractivity (Wildman–Crippen MR) is 71.7 cm³/mol. The number of para-hydroxylation sites is 1. The van der Waals surface area contributed by atoms with E-state index in [0.29, 0.717) is 6.54 Å². The van der Waals surface area contributed by atoms with Crippen LogP contribution in [-0.2, 0) is 13.1 Å². The largest absolute Gasteiger partial charge is 0.380 e. The van der Waals surface area contributed by atoms with Crippen molar-refractivity contribution in [3.63, 3.8) is 0 Å². The van der Waals surface area contributed by atoms with Gasteiger partial charge in [0.15, 0.2) is 5.78 Å². The molecule has 1 heterocycles. The number of ketones is 1. The third-order valence-corrected chi connectivity index (χ3v) is 2.80. The standard InChI is InChI=1S/C14H17N3O/c1-3-17-10-12(9-16-17)8-15-14-7-5-4-6-13(14)11(2)18/h4-7,9-10,15H,3,8H2,1-2H3. The maximum Gasteiger partial charge on any atom is 0.161 e. The Morgan fingerprint density at radius 3 is 2.83 bits per heavy atom. The van der Waals surface area contributed by atoms with Gasteiger partial charge < -0.3 is 5.32 Å². The summed E-state index contributed by atoms with van der Waals surface area (Å²) in [4.78, 5) is 11.5. The van der Waals surface area contributed by atoms with E-state index in [2.05, 4.69) is 17.3 Å². The molecule has 0 aliphatic heterocycles. The van der Waals surface area contributed by atoms with Gasteiger partial charge in [0.2, 0.25) is 0 Å². The zero-order valence-electron chi connectivity index (χ0n) is 10.7. The molecule has 4 nitrogen and oxygen atoms in total. The van der Waals surface area contributed by atoms with E-state index in [-0.39, 0.29) is 5.78 Å². The monoisotopic (exact) mass is 243 g/mol. The number of carbonyl (C=O) groups is 1. The molecule has 4 heteroatoms. The van der Waals surface area contributed by atoms with Gasteiger partial charge in [-0.1, -0.05) is 12.1 Å². The van der Waals surface area contributed by atoms with E-state index in [4.69, 9.17) is 0 Å². The second-order valence-electron chi connectivity index (χ2n) is 4.16. The molecule has 1 N–H and O–H groups in total. The minimum atomic E-state index is 0.0716. The zero-order chi connectivity index (χ0) is 13.0. The lowest BCUT2D eigenvalue weighted by Gasteiger charge is -2.08. The summed E-state index contributed by atoms with van der Waals surface area (Å²) in [5.74, 6) is 0.0716. The molecule has 0 atom stereocenters. The van der Waals surface area contributed by atoms with E-state index in [9.17, 15) is 4.79 Å². The van der Waals surface area contributed by atoms with Crippen molar-refractivity contribution in [3.05, 3.63) is 47.8 Å². The van der Waals surface area contributed by atoms with Crippen LogP contribution < -0.4 is 5.32 Å². The fraction of sp³-hybridized carbons (Fsp3) is 0.286. The van der Waals surface area contributed by atoms with E-state index in [1.165, 1.54) is 0 Å². The molecule has 0 aliphatic rings. The van der Waals surface area contributed by atoms with Crippen LogP contribution in [0, 0.1) is 0 Å². The minimum Gasteiger partial charge on any atom is -0.380 e. The Hall–Kier alpha value is -2.10. The molecule has 0 spiro atoms. The van der Waals surface area contributed by atoms with Crippen LogP contribution in [0.3, 0.4) is 0 Å². The topological polar surface area (TPSA) is 46.9 Å². The van der Waals surface area contributed by atoms with Gasteiger partial charge in [-0.3, -0.25) is 9.48 Å². The maximum absolute atomic E-state index is 11.5. The number of hydrogen-bond acceptors (Lipinski definition) is 3. The van der Waals surface area contributed by atoms with Crippen LogP contribution in [0.5, 0.6) is 0 Å². The fourth-order valence-electron chi connectivity index (χ4n) is 1.81. The zero-order valence-corrected chi connectivity index (χ0v) is 10.7. The minimum absolute atomic E-state index is 0.0716. The van der Waals surface area contributed by atoms with Gasteiger partial charge in [-0.2, -0.15) is 5.10 Å². The number of nitrogens with one attached hydrogen (secondary N) is 1. The van der Waals surface area contributed by atoms with Crippen molar-refractivity contribution < 1.29 is 4.79 Å². The van der Waals surface area contributed by atoms with E-state index < -0.39 is 0 Å². The summed E-state index contributed by atoms with van der Waals surface area (Å²) in [5.41, 5.74) is 2.70. The Balaban J connectivity index is 2.08. The van der Waals surface area contributed by atoms with Crippen LogP contribution in [-0.4, -0.2) is 15.6 Å². The SMILES string of the molecule is CCn1cc(CNc2ccccc2C(C)=O)cn1. The summed E-state index contributed by atoms with van der Waals surface area (Å²) in [6, 6.07) is 7.54. The first-order chi connectivity index (χ1) is 8.70. The molecule has 2 aromatic rings. The van der Waals surface area contributed by atoms with E-state index in [1.54, 1.807) is 6.92 Å². The molecule has 0 bridgehead atoms. The quantitative estimate of drug-likeness (QED) is 0.821. The number of carbonyl (C=O) groups excluding carboxylic acids is 1. The molecule has 0 saturated heterocycles. The second-order valence-corrected chi connectivity index (χ2v) is 4.16. The lowest BCUT2D eigenvalue weighted by molar-refractivity contribution is 0.101. The lowest BCUT2D eigenvalue weighted by Crippen LogP contribution is -2.04. The lowest BCUT2D eigenvalue weighted by atomic mass is 10.1. The molecule has 1 aromatic heterocycles. The number of Topliss-reactive ketones (excluding diaryl/α,β-unsaturated/α-hetero) is 1. The van der Waals surface area contributed by atoms with Gasteiger partial charge >= 0.3 is 0 Å². The molecule has 94 valence electrons. The molecule has 0 fully saturated rings. The Labute approximate surface area is 107 Å². The summed E-state index contributed by atoms with van der Waals surface area (Å²) in [5, 5.41) is 7.49. The van der Waals surface area contributed by atoms with Gasteiger partial charge in [-0.15, -0.1) is 0 Å². The van der Waals surface area contributed by atoms with Crippen LogP contribution >= 0.6 is 0 Å². The molecular weight excluding hydrogens is 226 g/mol. The van der Waals surface area contributed by atoms with Crippen LogP contribution in [0.1, 0.15) is 29.8 Å². The van der Waals surface area contributed by atoms with Crippen molar-refractivity contribution in [3.8, 4) is 0 Å². The third kappa shape index (κ3) is 2.77. The summed E-state index contributed by atoms with van der Waals surface area (Å²) in [6.07, 6.45) is 3.84. The van der Waals surface area contributed by atoms with Crippen molar-refractivity contribution in [2.24, 2.45) is 0 Å². The highest BCUT2D eigenvalue weighted by molar-refractivity contribution is 5.99. The average molecular weight is 243 g/mol. The van der Waals surface area contributed by atoms with Crippen molar-refractivity contribution in [2.75, 3.05) is 5.32 Å². The van der Waals surface area contributed by atoms with Gasteiger partial charge in [-0.25, -0.2) is 0 Å². The fourth-order valence-corrected chi connectivity index (χ4v) is 1.81. The highest BCUT2D eigenvalue weighted by Gasteiger charge is 2.06. The van der Waals surface area contributed by atoms with Gasteiger partial charge in [0.25, 0.3) is 0 Å². The van der Waals surface area contributed by atoms with E-state index >= 15 is 0 Å². The van der Waals surface area contributed by atoms with Crippen molar-refractivity contribution >= 4 is 11.5 Å². The molecule has 18 heavy (non-hydrogen) atoms. The summed E-state index contributed by atoms with van der Waals surface area (Å²) >= 11 is 0. The smallest absolute Gasteiger partial charge is 0.161 e. The van der Waals surface area contributed by atoms with Crippen LogP contribution in [0.25, 0.3) is 0 Å². The van der Waals surface area contributed by atoms with Crippen molar-refractivity contribution in [1.29, 1.82) is 0 Å². The van der Waals surface area contributed by atoms with Crippen LogP contribution in [0.4, 0.5) is 5.69 Å². The highest BCUT2D eigenvalue weighted by atomic mass is 16.1. The van der Waals surface area contributed by atoms with Crippen molar-refractivity contribution in [2.45, 2.75) is 26.9 Å². The highest BCUT2D eigenvalue weighted by Crippen LogP contribution is 2.16. The first kappa shape index (κ1) is 12.4. The molecule has 0 aliphatic carbocycles. The molecule has 0 radical (unpaired) electrons. The first-order valence-corrected chi connectivity index (χ1v) is 6.06. The van der Waals surface area contributed by atoms with Gasteiger partial charge in [-0.05, 0) is 26.0 Å². The number of rotatable bonds is 5. The van der Waals surface area contributed by atoms with E-state index in [0.717, 1.165) is 23.4 Å². The van der Waals surface area contributed by atoms with E-state index in [1.807, 2.05) is 41.3 Å². The average Bonchev–Trinajstić information content (AvgIpc) is 2.84. The predicted octanol–water partition coefficient (Wildman–Crippen LogP) is 2.72. The van der Waals surface area contributed by atoms with Crippen LogP contribution in [0.15, 0.2) is 36.7 Å². The van der Waals surface area contributed by atoms with Gasteiger partial charge in [0.1, 0.15) is 0 Å². The number of aryl methyl sites for hydroxylation is 1. The van der Waals surface area contributed by atoms with Gasteiger partial charge in [0, 0.05) is 36.1 Å². The Morgan fingerprint density at radius 2 is 2.17 bits per heavy atom. The molecule has 0 unspecified atom stereocenters. The number of aromatic nitrogens is 2. The third-order valence-electron chi connectivity index (χ3n) is 2.80. The summed E-state index contributed by atoms with van der Waals surface area (Å²) < 4.78 is 1.88. The van der Waals surface area contributed by atoms with Crippen LogP contribution in [0.2, 0.25) is 0 Å². The Kier molecular flexibility index (Phi) is 3.77. The normalized spacial score (nSPS) is 10.3. The molecule has 0 amide bonds. The number of hydrogen-bond donors (Lipinski definition) is 1. The molecular formula is C14H17N3O. The number of benzene rings is 1. The Bertz CT molecular complexity index is 545. The Morgan fingerprint density at radius 1 is 1.39 bits per heavy atom. The number of nitrogens with zero attached hydrogens (tertiary/aromatic N) is 2. The molecule has 0 saturated carbocycles. The van der Waals surface area contributed by atoms with Gasteiger partial charge in [0.05, 0.1) is 6.20 Å². The number of anilines is 1.